The highest BCUT2D eigenvalue weighted by molar-refractivity contribution is 6.03. The van der Waals surface area contributed by atoms with Crippen LogP contribution in [0.25, 0.3) is 32.8 Å². The maximum atomic E-state index is 17.4. The van der Waals surface area contributed by atoms with Gasteiger partial charge in [-0.05, 0) is 106 Å². The van der Waals surface area contributed by atoms with Crippen LogP contribution in [0, 0.1) is 17.5 Å². The second-order valence-corrected chi connectivity index (χ2v) is 16.3. The lowest BCUT2D eigenvalue weighted by molar-refractivity contribution is 0.0122. The lowest BCUT2D eigenvalue weighted by Gasteiger charge is -2.42. The summed E-state index contributed by atoms with van der Waals surface area (Å²) in [4.78, 5) is 28.5. The molecule has 10 nitrogen and oxygen atoms in total. The first-order valence-corrected chi connectivity index (χ1v) is 19.1. The number of piperazine rings is 1. The van der Waals surface area contributed by atoms with Gasteiger partial charge in [0.15, 0.2) is 12.6 Å². The average molecular weight is 766 g/mol. The zero-order chi connectivity index (χ0) is 38.8. The molecule has 5 heterocycles. The van der Waals surface area contributed by atoms with E-state index in [1.54, 1.807) is 24.0 Å². The number of hydrogen-bond acceptors (Lipinski definition) is 9. The van der Waals surface area contributed by atoms with Crippen LogP contribution in [0.5, 0.6) is 11.8 Å². The van der Waals surface area contributed by atoms with E-state index in [4.69, 9.17) is 23.9 Å². The Morgan fingerprint density at radius 3 is 2.47 bits per heavy atom. The van der Waals surface area contributed by atoms with Crippen LogP contribution in [-0.2, 0) is 15.9 Å². The molecule has 4 aliphatic heterocycles. The Bertz CT molecular complexity index is 2130. The van der Waals surface area contributed by atoms with Gasteiger partial charge in [0.2, 0.25) is 0 Å². The maximum absolute atomic E-state index is 17.4. The lowest BCUT2D eigenvalue weighted by Crippen LogP contribution is -2.57. The molecule has 4 aromatic rings. The van der Waals surface area contributed by atoms with Crippen molar-refractivity contribution >= 4 is 33.6 Å². The third-order valence-corrected chi connectivity index (χ3v) is 11.6. The summed E-state index contributed by atoms with van der Waals surface area (Å²) < 4.78 is 87.0. The van der Waals surface area contributed by atoms with Crippen molar-refractivity contribution in [2.24, 2.45) is 0 Å². The number of carbonyl (C=O) groups excluding carboxylic acids is 1. The molecule has 4 saturated heterocycles. The van der Waals surface area contributed by atoms with Gasteiger partial charge >= 0.3 is 12.1 Å². The summed E-state index contributed by atoms with van der Waals surface area (Å²) in [5.74, 6) is -1.81. The predicted octanol–water partition coefficient (Wildman–Crippen LogP) is 7.96. The summed E-state index contributed by atoms with van der Waals surface area (Å²) in [5, 5.41) is 1.02. The van der Waals surface area contributed by atoms with Gasteiger partial charge in [-0.25, -0.2) is 22.4 Å². The first-order chi connectivity index (χ1) is 26.3. The fourth-order valence-electron chi connectivity index (χ4n) is 9.29. The molecular weight excluding hydrogens is 718 g/mol. The topological polar surface area (TPSA) is 89.5 Å². The number of benzene rings is 3. The van der Waals surface area contributed by atoms with Crippen molar-refractivity contribution in [3.63, 3.8) is 0 Å². The van der Waals surface area contributed by atoms with Gasteiger partial charge < -0.3 is 23.8 Å². The van der Waals surface area contributed by atoms with Gasteiger partial charge in [-0.3, -0.25) is 9.80 Å². The summed E-state index contributed by atoms with van der Waals surface area (Å²) in [7, 11) is 1.46. The van der Waals surface area contributed by atoms with Crippen LogP contribution in [0.15, 0.2) is 30.3 Å². The molecular formula is C41H47F4N5O5. The van der Waals surface area contributed by atoms with E-state index in [1.807, 2.05) is 25.7 Å². The Morgan fingerprint density at radius 2 is 1.76 bits per heavy atom. The van der Waals surface area contributed by atoms with Crippen LogP contribution in [0.1, 0.15) is 65.4 Å². The van der Waals surface area contributed by atoms with Crippen molar-refractivity contribution in [1.82, 2.24) is 19.8 Å². The van der Waals surface area contributed by atoms with E-state index in [-0.39, 0.29) is 65.9 Å². The van der Waals surface area contributed by atoms with Gasteiger partial charge in [-0.2, -0.15) is 9.97 Å². The van der Waals surface area contributed by atoms with Crippen molar-refractivity contribution in [2.75, 3.05) is 51.6 Å². The quantitative estimate of drug-likeness (QED) is 0.124. The number of ether oxygens (including phenoxy) is 4. The number of methoxy groups -OCH3 is 1. The second-order valence-electron chi connectivity index (χ2n) is 16.3. The molecule has 2 bridgehead atoms. The summed E-state index contributed by atoms with van der Waals surface area (Å²) in [6.45, 7) is 9.02. The minimum Gasteiger partial charge on any atom is -0.468 e. The molecule has 294 valence electrons. The number of nitrogens with zero attached hydrogens (tertiary/aromatic N) is 5. The maximum Gasteiger partial charge on any atom is 0.410 e. The third kappa shape index (κ3) is 6.79. The number of aryl methyl sites for hydroxylation is 1. The van der Waals surface area contributed by atoms with E-state index in [9.17, 15) is 9.18 Å². The van der Waals surface area contributed by atoms with E-state index < -0.39 is 46.4 Å². The molecule has 0 unspecified atom stereocenters. The number of carbonyl (C=O) groups is 1. The standard InChI is InChI=1S/C41H47F4N5O5/c1-6-28-31(43)11-8-23-14-27(54-22-52-5)15-29(33(23)28)34-32(44)16-30-36(35(34)45)46-38(53-21-41-12-7-13-49(41)18-24(42)17-41)47-37(30)48-19-25-9-10-26(20-48)50(25)39(51)55-40(2,3)4/h8,11,14-16,24-26H,6-7,9-10,12-13,17-22H2,1-5H3/t24-,25-,26+,41+/m1/s1. The first kappa shape index (κ1) is 37.5. The van der Waals surface area contributed by atoms with E-state index in [2.05, 4.69) is 9.88 Å². The number of rotatable bonds is 9. The Hall–Kier alpha value is -4.43. The van der Waals surface area contributed by atoms with Gasteiger partial charge in [0.05, 0.1) is 23.2 Å². The van der Waals surface area contributed by atoms with Crippen molar-refractivity contribution < 1.29 is 41.3 Å². The molecule has 0 aliphatic carbocycles. The second kappa shape index (κ2) is 14.3. The molecule has 0 radical (unpaired) electrons. The lowest BCUT2D eigenvalue weighted by atomic mass is 9.91. The molecule has 0 spiro atoms. The van der Waals surface area contributed by atoms with Crippen molar-refractivity contribution in [3.8, 4) is 22.9 Å². The van der Waals surface area contributed by atoms with E-state index in [0.29, 0.717) is 42.4 Å². The van der Waals surface area contributed by atoms with E-state index >= 15 is 13.2 Å². The van der Waals surface area contributed by atoms with Crippen molar-refractivity contribution in [1.29, 1.82) is 0 Å². The molecule has 0 N–H and O–H groups in total. The van der Waals surface area contributed by atoms with Gasteiger partial charge in [-0.15, -0.1) is 0 Å². The smallest absolute Gasteiger partial charge is 0.410 e. The molecule has 3 aromatic carbocycles. The number of anilines is 1. The van der Waals surface area contributed by atoms with Crippen LogP contribution in [0.4, 0.5) is 28.2 Å². The number of fused-ring (bicyclic) bond motifs is 5. The zero-order valence-corrected chi connectivity index (χ0v) is 31.9. The Balaban J connectivity index is 1.26. The molecule has 1 amide bonds. The minimum atomic E-state index is -0.979. The molecule has 4 fully saturated rings. The third-order valence-electron chi connectivity index (χ3n) is 11.6. The van der Waals surface area contributed by atoms with Gasteiger partial charge in [0.1, 0.15) is 47.1 Å². The molecule has 4 aliphatic rings. The van der Waals surface area contributed by atoms with Crippen LogP contribution in [0.3, 0.4) is 0 Å². The van der Waals surface area contributed by atoms with Crippen LogP contribution >= 0.6 is 0 Å². The molecule has 0 saturated carbocycles. The Labute approximate surface area is 317 Å². The molecule has 4 atom stereocenters. The summed E-state index contributed by atoms with van der Waals surface area (Å²) >= 11 is 0. The predicted molar refractivity (Wildman–Crippen MR) is 200 cm³/mol. The number of amides is 1. The van der Waals surface area contributed by atoms with Crippen molar-refractivity contribution in [2.45, 2.75) is 95.6 Å². The normalized spacial score (nSPS) is 23.9. The fraction of sp³-hybridized carbons (Fsp3) is 0.537. The molecule has 8 rings (SSSR count). The van der Waals surface area contributed by atoms with E-state index in [1.165, 1.54) is 25.3 Å². The van der Waals surface area contributed by atoms with Crippen molar-refractivity contribution in [3.05, 3.63) is 53.3 Å². The summed E-state index contributed by atoms with van der Waals surface area (Å²) in [5.41, 5.74) is -1.37. The largest absolute Gasteiger partial charge is 0.468 e. The van der Waals surface area contributed by atoms with Crippen LogP contribution in [-0.4, -0.2) is 102 Å². The summed E-state index contributed by atoms with van der Waals surface area (Å²) in [6.07, 6.45) is 2.33. The van der Waals surface area contributed by atoms with E-state index in [0.717, 1.165) is 32.2 Å². The molecule has 1 aromatic heterocycles. The van der Waals surface area contributed by atoms with Gasteiger partial charge in [0.25, 0.3) is 0 Å². The highest BCUT2D eigenvalue weighted by Crippen LogP contribution is 2.44. The SMILES string of the molecule is CCc1c(F)ccc2cc(OCOC)cc(-c3c(F)cc4c(N5C[C@H]6CC[C@@H](C5)N6C(=O)OC(C)(C)C)nc(OC[C@@]56CCCN5C[C@H](F)C6)nc4c3F)c12. The molecule has 55 heavy (non-hydrogen) atoms. The number of aromatic nitrogens is 2. The summed E-state index contributed by atoms with van der Waals surface area (Å²) in [6, 6.07) is 6.72. The monoisotopic (exact) mass is 765 g/mol. The zero-order valence-electron chi connectivity index (χ0n) is 31.9. The number of alkyl halides is 1. The number of halogens is 4. The number of hydrogen-bond donors (Lipinski definition) is 0. The fourth-order valence-corrected chi connectivity index (χ4v) is 9.29. The highest BCUT2D eigenvalue weighted by Gasteiger charge is 2.50. The van der Waals surface area contributed by atoms with Crippen LogP contribution < -0.4 is 14.4 Å². The Kier molecular flexibility index (Phi) is 9.72. The Morgan fingerprint density at radius 1 is 1.00 bits per heavy atom. The average Bonchev–Trinajstić information content (AvgIpc) is 3.75. The highest BCUT2D eigenvalue weighted by atomic mass is 19.1. The van der Waals surface area contributed by atoms with Crippen LogP contribution in [0.2, 0.25) is 0 Å². The minimum absolute atomic E-state index is 0.101. The first-order valence-electron chi connectivity index (χ1n) is 19.1. The molecule has 14 heteroatoms. The van der Waals surface area contributed by atoms with Gasteiger partial charge in [0, 0.05) is 38.6 Å². The van der Waals surface area contributed by atoms with Gasteiger partial charge in [-0.1, -0.05) is 13.0 Å².